The van der Waals surface area contributed by atoms with Crippen molar-refractivity contribution in [2.45, 2.75) is 12.5 Å². The summed E-state index contributed by atoms with van der Waals surface area (Å²) in [5, 5.41) is 6.25. The van der Waals surface area contributed by atoms with Crippen molar-refractivity contribution in [3.8, 4) is 0 Å². The lowest BCUT2D eigenvalue weighted by molar-refractivity contribution is -0.118. The lowest BCUT2D eigenvalue weighted by Gasteiger charge is -2.26. The Morgan fingerprint density at radius 3 is 2.90 bits per heavy atom. The number of amides is 1. The van der Waals surface area contributed by atoms with Crippen molar-refractivity contribution < 1.29 is 4.79 Å². The summed E-state index contributed by atoms with van der Waals surface area (Å²) in [5.41, 5.74) is 3.13. The van der Waals surface area contributed by atoms with Gasteiger partial charge in [0.05, 0.1) is 0 Å². The Bertz CT molecular complexity index is 642. The van der Waals surface area contributed by atoms with Gasteiger partial charge in [-0.15, -0.1) is 0 Å². The highest BCUT2D eigenvalue weighted by Gasteiger charge is 2.25. The molecule has 0 aromatic heterocycles. The molecule has 4 heteroatoms. The van der Waals surface area contributed by atoms with E-state index in [0.717, 1.165) is 28.7 Å². The molecular formula is C16H15BrN2O. The molecule has 0 saturated carbocycles. The molecule has 0 radical (unpaired) electrons. The molecule has 102 valence electrons. The zero-order valence-electron chi connectivity index (χ0n) is 10.9. The van der Waals surface area contributed by atoms with E-state index in [1.807, 2.05) is 42.5 Å². The van der Waals surface area contributed by atoms with Gasteiger partial charge < -0.3 is 10.6 Å². The van der Waals surface area contributed by atoms with Crippen molar-refractivity contribution >= 4 is 27.5 Å². The average Bonchev–Trinajstić information content (AvgIpc) is 2.46. The van der Waals surface area contributed by atoms with Crippen LogP contribution in [0.5, 0.6) is 0 Å². The van der Waals surface area contributed by atoms with Gasteiger partial charge in [0.15, 0.2) is 0 Å². The summed E-state index contributed by atoms with van der Waals surface area (Å²) in [5.74, 6) is -0.0183. The third-order valence-corrected chi connectivity index (χ3v) is 3.96. The zero-order chi connectivity index (χ0) is 13.9. The summed E-state index contributed by atoms with van der Waals surface area (Å²) in [6.45, 7) is 0.827. The topological polar surface area (TPSA) is 41.1 Å². The summed E-state index contributed by atoms with van der Waals surface area (Å²) in [4.78, 5) is 12.5. The Morgan fingerprint density at radius 1 is 1.20 bits per heavy atom. The molecule has 1 amide bonds. The zero-order valence-corrected chi connectivity index (χ0v) is 12.5. The van der Waals surface area contributed by atoms with Crippen LogP contribution in [0.15, 0.2) is 53.0 Å². The molecule has 3 rings (SSSR count). The molecule has 0 aliphatic carbocycles. The SMILES string of the molecule is O=C(Nc1cccc(Br)c1)C1NCCc2ccccc21. The van der Waals surface area contributed by atoms with Gasteiger partial charge in [-0.1, -0.05) is 46.3 Å². The van der Waals surface area contributed by atoms with Crippen LogP contribution in [-0.4, -0.2) is 12.5 Å². The summed E-state index contributed by atoms with van der Waals surface area (Å²) in [7, 11) is 0. The van der Waals surface area contributed by atoms with E-state index in [1.54, 1.807) is 0 Å². The molecule has 1 heterocycles. The first-order valence-corrected chi connectivity index (χ1v) is 7.41. The number of fused-ring (bicyclic) bond motifs is 1. The van der Waals surface area contributed by atoms with Gasteiger partial charge in [0.1, 0.15) is 6.04 Å². The molecule has 1 aliphatic heterocycles. The van der Waals surface area contributed by atoms with Crippen molar-refractivity contribution in [2.75, 3.05) is 11.9 Å². The fourth-order valence-electron chi connectivity index (χ4n) is 2.52. The number of hydrogen-bond acceptors (Lipinski definition) is 2. The monoisotopic (exact) mass is 330 g/mol. The maximum absolute atomic E-state index is 12.5. The lowest BCUT2D eigenvalue weighted by Crippen LogP contribution is -2.38. The van der Waals surface area contributed by atoms with E-state index in [-0.39, 0.29) is 11.9 Å². The van der Waals surface area contributed by atoms with E-state index in [0.29, 0.717) is 0 Å². The standard InChI is InChI=1S/C16H15BrN2O/c17-12-5-3-6-13(10-12)19-16(20)15-14-7-2-1-4-11(14)8-9-18-15/h1-7,10,15,18H,8-9H2,(H,19,20). The lowest BCUT2D eigenvalue weighted by atomic mass is 9.94. The number of carbonyl (C=O) groups is 1. The smallest absolute Gasteiger partial charge is 0.246 e. The Labute approximate surface area is 126 Å². The quantitative estimate of drug-likeness (QED) is 0.887. The molecule has 20 heavy (non-hydrogen) atoms. The summed E-state index contributed by atoms with van der Waals surface area (Å²) >= 11 is 3.41. The van der Waals surface area contributed by atoms with E-state index < -0.39 is 0 Å². The van der Waals surface area contributed by atoms with Crippen LogP contribution in [0.2, 0.25) is 0 Å². The summed E-state index contributed by atoms with van der Waals surface area (Å²) in [6, 6.07) is 15.5. The number of rotatable bonds is 2. The molecule has 2 aromatic rings. The van der Waals surface area contributed by atoms with Gasteiger partial charge in [0, 0.05) is 16.7 Å². The highest BCUT2D eigenvalue weighted by Crippen LogP contribution is 2.24. The highest BCUT2D eigenvalue weighted by molar-refractivity contribution is 9.10. The van der Waals surface area contributed by atoms with Gasteiger partial charge in [-0.2, -0.15) is 0 Å². The second-order valence-corrected chi connectivity index (χ2v) is 5.75. The van der Waals surface area contributed by atoms with Crippen molar-refractivity contribution in [1.82, 2.24) is 5.32 Å². The third kappa shape index (κ3) is 2.76. The molecular weight excluding hydrogens is 316 g/mol. The molecule has 0 spiro atoms. The molecule has 3 nitrogen and oxygen atoms in total. The molecule has 1 atom stereocenters. The van der Waals surface area contributed by atoms with Crippen LogP contribution in [0, 0.1) is 0 Å². The Kier molecular flexibility index (Phi) is 3.85. The minimum absolute atomic E-state index is 0.0183. The van der Waals surface area contributed by atoms with Crippen LogP contribution in [-0.2, 0) is 11.2 Å². The van der Waals surface area contributed by atoms with E-state index in [1.165, 1.54) is 5.56 Å². The Balaban J connectivity index is 1.82. The van der Waals surface area contributed by atoms with E-state index >= 15 is 0 Å². The van der Waals surface area contributed by atoms with Gasteiger partial charge in [-0.05, 0) is 35.7 Å². The van der Waals surface area contributed by atoms with Crippen LogP contribution >= 0.6 is 15.9 Å². The van der Waals surface area contributed by atoms with Crippen LogP contribution < -0.4 is 10.6 Å². The first kappa shape index (κ1) is 13.3. The van der Waals surface area contributed by atoms with Crippen molar-refractivity contribution in [2.24, 2.45) is 0 Å². The normalized spacial score (nSPS) is 17.4. The van der Waals surface area contributed by atoms with E-state index in [2.05, 4.69) is 32.6 Å². The predicted molar refractivity (Wildman–Crippen MR) is 83.7 cm³/mol. The highest BCUT2D eigenvalue weighted by atomic mass is 79.9. The second-order valence-electron chi connectivity index (χ2n) is 4.84. The fraction of sp³-hybridized carbons (Fsp3) is 0.188. The van der Waals surface area contributed by atoms with Gasteiger partial charge >= 0.3 is 0 Å². The number of nitrogens with one attached hydrogen (secondary N) is 2. The summed E-state index contributed by atoms with van der Waals surface area (Å²) in [6.07, 6.45) is 0.969. The Morgan fingerprint density at radius 2 is 2.05 bits per heavy atom. The fourth-order valence-corrected chi connectivity index (χ4v) is 2.92. The van der Waals surface area contributed by atoms with Gasteiger partial charge in [-0.25, -0.2) is 0 Å². The van der Waals surface area contributed by atoms with Crippen molar-refractivity contribution in [3.05, 3.63) is 64.1 Å². The third-order valence-electron chi connectivity index (χ3n) is 3.46. The van der Waals surface area contributed by atoms with Crippen LogP contribution in [0.4, 0.5) is 5.69 Å². The maximum Gasteiger partial charge on any atom is 0.246 e. The van der Waals surface area contributed by atoms with Gasteiger partial charge in [-0.3, -0.25) is 4.79 Å². The second kappa shape index (κ2) is 5.77. The van der Waals surface area contributed by atoms with Crippen molar-refractivity contribution in [1.29, 1.82) is 0 Å². The Hall–Kier alpha value is -1.65. The van der Waals surface area contributed by atoms with Crippen LogP contribution in [0.3, 0.4) is 0 Å². The molecule has 1 aliphatic rings. The van der Waals surface area contributed by atoms with Crippen molar-refractivity contribution in [3.63, 3.8) is 0 Å². The first-order valence-electron chi connectivity index (χ1n) is 6.61. The number of hydrogen-bond donors (Lipinski definition) is 2. The maximum atomic E-state index is 12.5. The molecule has 2 aromatic carbocycles. The molecule has 2 N–H and O–H groups in total. The minimum Gasteiger partial charge on any atom is -0.324 e. The number of benzene rings is 2. The largest absolute Gasteiger partial charge is 0.324 e. The first-order chi connectivity index (χ1) is 9.74. The number of carbonyl (C=O) groups excluding carboxylic acids is 1. The van der Waals surface area contributed by atoms with E-state index in [9.17, 15) is 4.79 Å². The predicted octanol–water partition coefficient (Wildman–Crippen LogP) is 3.27. The van der Waals surface area contributed by atoms with Crippen LogP contribution in [0.1, 0.15) is 17.2 Å². The molecule has 1 unspecified atom stereocenters. The van der Waals surface area contributed by atoms with E-state index in [4.69, 9.17) is 0 Å². The number of anilines is 1. The average molecular weight is 331 g/mol. The number of halogens is 1. The molecule has 0 bridgehead atoms. The molecule has 0 fully saturated rings. The minimum atomic E-state index is -0.279. The summed E-state index contributed by atoms with van der Waals surface area (Å²) < 4.78 is 0.951. The van der Waals surface area contributed by atoms with Gasteiger partial charge in [0.25, 0.3) is 0 Å². The molecule has 0 saturated heterocycles. The van der Waals surface area contributed by atoms with Gasteiger partial charge in [0.2, 0.25) is 5.91 Å². The van der Waals surface area contributed by atoms with Crippen LogP contribution in [0.25, 0.3) is 0 Å².